The molecule has 18 heavy (non-hydrogen) atoms. The van der Waals surface area contributed by atoms with Crippen molar-refractivity contribution in [2.75, 3.05) is 14.2 Å². The first kappa shape index (κ1) is 15.1. The Hall–Kier alpha value is -0.930. The number of methoxy groups -OCH3 is 1. The van der Waals surface area contributed by atoms with Crippen molar-refractivity contribution in [1.29, 1.82) is 0 Å². The Morgan fingerprint density at radius 2 is 1.78 bits per heavy atom. The number of nitrogens with one attached hydrogen (secondary N) is 1. The standard InChI is InChI=1S/C15H24FNO/c1-5-15(6-2,18-4)14(17-3)11-12-7-9-13(16)10-8-12/h7-10,14,17H,5-6,11H2,1-4H3. The van der Waals surface area contributed by atoms with Gasteiger partial charge in [-0.3, -0.25) is 0 Å². The number of benzene rings is 1. The van der Waals surface area contributed by atoms with Gasteiger partial charge in [0.05, 0.1) is 5.60 Å². The second-order valence-corrected chi connectivity index (χ2v) is 4.65. The van der Waals surface area contributed by atoms with Gasteiger partial charge in [-0.15, -0.1) is 0 Å². The van der Waals surface area contributed by atoms with Gasteiger partial charge in [0, 0.05) is 13.2 Å². The summed E-state index contributed by atoms with van der Waals surface area (Å²) >= 11 is 0. The Morgan fingerprint density at radius 3 is 2.17 bits per heavy atom. The van der Waals surface area contributed by atoms with Gasteiger partial charge in [0.25, 0.3) is 0 Å². The minimum atomic E-state index is -0.191. The molecule has 1 unspecified atom stereocenters. The van der Waals surface area contributed by atoms with E-state index >= 15 is 0 Å². The zero-order valence-corrected chi connectivity index (χ0v) is 11.8. The molecule has 1 atom stereocenters. The Kier molecular flexibility index (Phi) is 5.76. The van der Waals surface area contributed by atoms with Gasteiger partial charge < -0.3 is 10.1 Å². The lowest BCUT2D eigenvalue weighted by Crippen LogP contribution is -2.51. The first-order valence-electron chi connectivity index (χ1n) is 6.58. The predicted molar refractivity (Wildman–Crippen MR) is 73.3 cm³/mol. The molecule has 1 aromatic rings. The zero-order chi connectivity index (χ0) is 13.6. The highest BCUT2D eigenvalue weighted by Crippen LogP contribution is 2.26. The third-order valence-corrected chi connectivity index (χ3v) is 3.94. The summed E-state index contributed by atoms with van der Waals surface area (Å²) in [6.07, 6.45) is 2.74. The van der Waals surface area contributed by atoms with Crippen LogP contribution in [0.2, 0.25) is 0 Å². The first-order chi connectivity index (χ1) is 8.61. The highest BCUT2D eigenvalue weighted by molar-refractivity contribution is 5.18. The van der Waals surface area contributed by atoms with Crippen LogP contribution in [0, 0.1) is 5.82 Å². The maximum absolute atomic E-state index is 12.9. The second kappa shape index (κ2) is 6.86. The van der Waals surface area contributed by atoms with Crippen molar-refractivity contribution in [2.24, 2.45) is 0 Å². The number of likely N-dealkylation sites (N-methyl/N-ethyl adjacent to an activating group) is 1. The fourth-order valence-electron chi connectivity index (χ4n) is 2.58. The summed E-state index contributed by atoms with van der Waals surface area (Å²) in [5.74, 6) is -0.191. The van der Waals surface area contributed by atoms with Crippen molar-refractivity contribution in [3.8, 4) is 0 Å². The average Bonchev–Trinajstić information content (AvgIpc) is 2.42. The molecule has 0 heterocycles. The molecule has 0 aliphatic rings. The van der Waals surface area contributed by atoms with Crippen LogP contribution in [-0.2, 0) is 11.2 Å². The molecular formula is C15H24FNO. The summed E-state index contributed by atoms with van der Waals surface area (Å²) in [5, 5.41) is 3.34. The quantitative estimate of drug-likeness (QED) is 0.806. The van der Waals surface area contributed by atoms with Crippen molar-refractivity contribution in [3.63, 3.8) is 0 Å². The molecule has 0 radical (unpaired) electrons. The summed E-state index contributed by atoms with van der Waals surface area (Å²) in [7, 11) is 3.72. The number of halogens is 1. The number of rotatable bonds is 7. The van der Waals surface area contributed by atoms with Crippen molar-refractivity contribution in [1.82, 2.24) is 5.32 Å². The van der Waals surface area contributed by atoms with Crippen molar-refractivity contribution >= 4 is 0 Å². The number of hydrogen-bond acceptors (Lipinski definition) is 2. The van der Waals surface area contributed by atoms with E-state index in [9.17, 15) is 4.39 Å². The van der Waals surface area contributed by atoms with E-state index < -0.39 is 0 Å². The molecule has 1 N–H and O–H groups in total. The van der Waals surface area contributed by atoms with E-state index in [-0.39, 0.29) is 17.5 Å². The van der Waals surface area contributed by atoms with E-state index in [1.165, 1.54) is 12.1 Å². The van der Waals surface area contributed by atoms with E-state index in [1.807, 2.05) is 19.2 Å². The van der Waals surface area contributed by atoms with Crippen LogP contribution in [0.4, 0.5) is 4.39 Å². The van der Waals surface area contributed by atoms with E-state index in [2.05, 4.69) is 19.2 Å². The highest BCUT2D eigenvalue weighted by atomic mass is 19.1. The van der Waals surface area contributed by atoms with Crippen molar-refractivity contribution < 1.29 is 9.13 Å². The lowest BCUT2D eigenvalue weighted by atomic mass is 9.84. The van der Waals surface area contributed by atoms with Crippen LogP contribution in [0.15, 0.2) is 24.3 Å². The molecule has 0 aromatic heterocycles. The smallest absolute Gasteiger partial charge is 0.123 e. The first-order valence-corrected chi connectivity index (χ1v) is 6.58. The summed E-state index contributed by atoms with van der Waals surface area (Å²) in [4.78, 5) is 0. The second-order valence-electron chi connectivity index (χ2n) is 4.65. The molecule has 102 valence electrons. The van der Waals surface area contributed by atoms with Gasteiger partial charge in [0.1, 0.15) is 5.82 Å². The predicted octanol–water partition coefficient (Wildman–Crippen LogP) is 3.16. The fraction of sp³-hybridized carbons (Fsp3) is 0.600. The van der Waals surface area contributed by atoms with Crippen LogP contribution < -0.4 is 5.32 Å². The Labute approximate surface area is 110 Å². The van der Waals surface area contributed by atoms with Gasteiger partial charge in [0.2, 0.25) is 0 Å². The molecular weight excluding hydrogens is 229 g/mol. The lowest BCUT2D eigenvalue weighted by Gasteiger charge is -2.38. The highest BCUT2D eigenvalue weighted by Gasteiger charge is 2.34. The summed E-state index contributed by atoms with van der Waals surface area (Å²) < 4.78 is 18.6. The van der Waals surface area contributed by atoms with Crippen LogP contribution in [0.1, 0.15) is 32.3 Å². The molecule has 1 aromatic carbocycles. The minimum absolute atomic E-state index is 0.164. The summed E-state index contributed by atoms with van der Waals surface area (Å²) in [6.45, 7) is 4.28. The van der Waals surface area contributed by atoms with E-state index in [4.69, 9.17) is 4.74 Å². The molecule has 3 heteroatoms. The number of hydrogen-bond donors (Lipinski definition) is 1. The molecule has 0 aliphatic carbocycles. The zero-order valence-electron chi connectivity index (χ0n) is 11.8. The lowest BCUT2D eigenvalue weighted by molar-refractivity contribution is -0.0454. The van der Waals surface area contributed by atoms with Gasteiger partial charge >= 0.3 is 0 Å². The van der Waals surface area contributed by atoms with E-state index in [0.717, 1.165) is 24.8 Å². The SMILES string of the molecule is CCC(CC)(OC)C(Cc1ccc(F)cc1)NC. The Bertz CT molecular complexity index is 338. The molecule has 0 bridgehead atoms. The van der Waals surface area contributed by atoms with Gasteiger partial charge in [-0.1, -0.05) is 26.0 Å². The monoisotopic (exact) mass is 253 g/mol. The van der Waals surface area contributed by atoms with Crippen LogP contribution in [0.3, 0.4) is 0 Å². The van der Waals surface area contributed by atoms with Gasteiger partial charge in [0.15, 0.2) is 0 Å². The molecule has 0 saturated heterocycles. The van der Waals surface area contributed by atoms with Gasteiger partial charge in [-0.05, 0) is 44.0 Å². The molecule has 0 aliphatic heterocycles. The summed E-state index contributed by atoms with van der Waals surface area (Å²) in [5.41, 5.74) is 0.961. The third kappa shape index (κ3) is 3.30. The molecule has 0 fully saturated rings. The fourth-order valence-corrected chi connectivity index (χ4v) is 2.58. The van der Waals surface area contributed by atoms with E-state index in [1.54, 1.807) is 7.11 Å². The molecule has 0 spiro atoms. The maximum atomic E-state index is 12.9. The van der Waals surface area contributed by atoms with Gasteiger partial charge in [-0.25, -0.2) is 4.39 Å². The number of ether oxygens (including phenoxy) is 1. The maximum Gasteiger partial charge on any atom is 0.123 e. The van der Waals surface area contributed by atoms with Crippen LogP contribution in [-0.4, -0.2) is 25.8 Å². The normalized spacial score (nSPS) is 13.6. The summed E-state index contributed by atoms with van der Waals surface area (Å²) in [6, 6.07) is 6.92. The largest absolute Gasteiger partial charge is 0.377 e. The third-order valence-electron chi connectivity index (χ3n) is 3.94. The Morgan fingerprint density at radius 1 is 1.22 bits per heavy atom. The molecule has 0 amide bonds. The Balaban J connectivity index is 2.86. The van der Waals surface area contributed by atoms with Gasteiger partial charge in [-0.2, -0.15) is 0 Å². The van der Waals surface area contributed by atoms with Crippen molar-refractivity contribution in [3.05, 3.63) is 35.6 Å². The topological polar surface area (TPSA) is 21.3 Å². The minimum Gasteiger partial charge on any atom is -0.377 e. The molecule has 2 nitrogen and oxygen atoms in total. The van der Waals surface area contributed by atoms with E-state index in [0.29, 0.717) is 0 Å². The van der Waals surface area contributed by atoms with Crippen LogP contribution >= 0.6 is 0 Å². The van der Waals surface area contributed by atoms with Crippen LogP contribution in [0.25, 0.3) is 0 Å². The molecule has 0 saturated carbocycles. The van der Waals surface area contributed by atoms with Crippen LogP contribution in [0.5, 0.6) is 0 Å². The average molecular weight is 253 g/mol. The van der Waals surface area contributed by atoms with Crippen molar-refractivity contribution in [2.45, 2.75) is 44.8 Å². The molecule has 1 rings (SSSR count).